The van der Waals surface area contributed by atoms with Crippen molar-refractivity contribution in [1.29, 1.82) is 0 Å². The average Bonchev–Trinajstić information content (AvgIpc) is 3.06. The molecule has 0 amide bonds. The molecule has 3 aromatic rings. The maximum Gasteiger partial charge on any atom is 0.214 e. The van der Waals surface area contributed by atoms with Gasteiger partial charge in [-0.3, -0.25) is 0 Å². The molecule has 0 atom stereocenters. The Morgan fingerprint density at radius 3 is 2.68 bits per heavy atom. The van der Waals surface area contributed by atoms with Gasteiger partial charge in [0, 0.05) is 13.1 Å². The summed E-state index contributed by atoms with van der Waals surface area (Å²) in [6, 6.07) is 10.8. The summed E-state index contributed by atoms with van der Waals surface area (Å²) in [5.41, 5.74) is 2.50. The van der Waals surface area contributed by atoms with Crippen LogP contribution < -0.4 is 4.90 Å². The van der Waals surface area contributed by atoms with Gasteiger partial charge in [-0.15, -0.1) is 5.10 Å². The second kappa shape index (κ2) is 5.72. The molecule has 0 N–H and O–H groups in total. The Morgan fingerprint density at radius 1 is 1.18 bits per heavy atom. The number of imidazole rings is 1. The highest BCUT2D eigenvalue weighted by Gasteiger charge is 2.22. The van der Waals surface area contributed by atoms with Crippen LogP contribution in [-0.4, -0.2) is 27.7 Å². The molecule has 2 aromatic heterocycles. The molecular weight excluding hydrogens is 292 g/mol. The fraction of sp³-hybridized carbons (Fsp3) is 0.412. The minimum absolute atomic E-state index is 0.796. The first-order chi connectivity index (χ1) is 10.8. The summed E-state index contributed by atoms with van der Waals surface area (Å²) in [5, 5.41) is 5.78. The van der Waals surface area contributed by atoms with Crippen molar-refractivity contribution in [2.45, 2.75) is 26.2 Å². The minimum Gasteiger partial charge on any atom is -0.347 e. The van der Waals surface area contributed by atoms with E-state index in [4.69, 9.17) is 0 Å². The molecule has 1 saturated heterocycles. The third-order valence-electron chi connectivity index (χ3n) is 4.41. The number of hydrogen-bond acceptors (Lipinski definition) is 4. The molecule has 22 heavy (non-hydrogen) atoms. The maximum absolute atomic E-state index is 4.66. The van der Waals surface area contributed by atoms with Crippen LogP contribution >= 0.6 is 11.3 Å². The quantitative estimate of drug-likeness (QED) is 0.741. The van der Waals surface area contributed by atoms with Crippen LogP contribution in [0.3, 0.4) is 0 Å². The van der Waals surface area contributed by atoms with Crippen LogP contribution in [0.1, 0.15) is 24.1 Å². The number of anilines is 1. The zero-order valence-electron chi connectivity index (χ0n) is 12.8. The molecule has 1 aliphatic rings. The summed E-state index contributed by atoms with van der Waals surface area (Å²) >= 11 is 1.70. The Kier molecular flexibility index (Phi) is 3.58. The van der Waals surface area contributed by atoms with Gasteiger partial charge in [0.15, 0.2) is 0 Å². The van der Waals surface area contributed by atoms with E-state index in [2.05, 4.69) is 45.3 Å². The molecule has 4 rings (SSSR count). The van der Waals surface area contributed by atoms with Crippen molar-refractivity contribution in [3.63, 3.8) is 0 Å². The lowest BCUT2D eigenvalue weighted by Crippen LogP contribution is -2.34. The van der Waals surface area contributed by atoms with E-state index in [-0.39, 0.29) is 0 Å². The number of piperidine rings is 1. The fourth-order valence-electron chi connectivity index (χ4n) is 3.20. The third-order valence-corrected chi connectivity index (χ3v) is 5.39. The first-order valence-electron chi connectivity index (χ1n) is 7.89. The number of fused-ring (bicyclic) bond motifs is 1. The number of aromatic nitrogens is 3. The highest BCUT2D eigenvalue weighted by Crippen LogP contribution is 2.29. The van der Waals surface area contributed by atoms with Crippen molar-refractivity contribution in [2.75, 3.05) is 18.0 Å². The largest absolute Gasteiger partial charge is 0.347 e. The fourth-order valence-corrected chi connectivity index (χ4v) is 4.18. The Morgan fingerprint density at radius 2 is 1.95 bits per heavy atom. The van der Waals surface area contributed by atoms with E-state index in [9.17, 15) is 0 Å². The van der Waals surface area contributed by atoms with Gasteiger partial charge in [-0.2, -0.15) is 0 Å². The van der Waals surface area contributed by atoms with E-state index in [1.165, 1.54) is 24.8 Å². The Labute approximate surface area is 134 Å². The van der Waals surface area contributed by atoms with E-state index >= 15 is 0 Å². The second-order valence-corrected chi connectivity index (χ2v) is 7.05. The van der Waals surface area contributed by atoms with Crippen molar-refractivity contribution in [1.82, 2.24) is 14.6 Å². The topological polar surface area (TPSA) is 33.4 Å². The van der Waals surface area contributed by atoms with Gasteiger partial charge in [-0.1, -0.05) is 41.7 Å². The van der Waals surface area contributed by atoms with Crippen molar-refractivity contribution in [2.24, 2.45) is 5.92 Å². The normalized spacial score (nSPS) is 16.5. The molecule has 0 aliphatic carbocycles. The van der Waals surface area contributed by atoms with Gasteiger partial charge in [0.05, 0.1) is 11.9 Å². The summed E-state index contributed by atoms with van der Waals surface area (Å²) < 4.78 is 1.91. The molecule has 5 heteroatoms. The van der Waals surface area contributed by atoms with Crippen LogP contribution in [0.4, 0.5) is 5.13 Å². The molecule has 0 radical (unpaired) electrons. The molecule has 0 spiro atoms. The Bertz CT molecular complexity index is 722. The predicted octanol–water partition coefficient (Wildman–Crippen LogP) is 3.56. The van der Waals surface area contributed by atoms with Gasteiger partial charge in [-0.05, 0) is 37.7 Å². The molecule has 1 aromatic carbocycles. The summed E-state index contributed by atoms with van der Waals surface area (Å²) in [6.07, 6.45) is 5.69. The average molecular weight is 312 g/mol. The summed E-state index contributed by atoms with van der Waals surface area (Å²) in [5.74, 6) is 0.796. The maximum atomic E-state index is 4.66. The smallest absolute Gasteiger partial charge is 0.214 e. The molecule has 1 aliphatic heterocycles. The molecule has 0 saturated carbocycles. The van der Waals surface area contributed by atoms with Gasteiger partial charge >= 0.3 is 0 Å². The third kappa shape index (κ3) is 2.73. The molecule has 4 nitrogen and oxygen atoms in total. The van der Waals surface area contributed by atoms with E-state index < -0.39 is 0 Å². The molecular formula is C17H20N4S. The zero-order chi connectivity index (χ0) is 14.9. The highest BCUT2D eigenvalue weighted by atomic mass is 32.1. The van der Waals surface area contributed by atoms with Crippen LogP contribution in [0, 0.1) is 12.8 Å². The van der Waals surface area contributed by atoms with Gasteiger partial charge in [0.2, 0.25) is 10.1 Å². The Balaban J connectivity index is 1.39. The minimum atomic E-state index is 0.796. The van der Waals surface area contributed by atoms with Gasteiger partial charge in [0.25, 0.3) is 0 Å². The lowest BCUT2D eigenvalue weighted by Gasteiger charge is -2.31. The Hall–Kier alpha value is -1.88. The molecule has 3 heterocycles. The SMILES string of the molecule is Cc1cn2nc(N3CCC(Cc4ccccc4)CC3)sc2n1. The first-order valence-corrected chi connectivity index (χ1v) is 8.71. The number of rotatable bonds is 3. The van der Waals surface area contributed by atoms with E-state index in [0.717, 1.165) is 34.8 Å². The van der Waals surface area contributed by atoms with Crippen LogP contribution in [-0.2, 0) is 6.42 Å². The summed E-state index contributed by atoms with van der Waals surface area (Å²) in [7, 11) is 0. The lowest BCUT2D eigenvalue weighted by atomic mass is 9.90. The predicted molar refractivity (Wildman–Crippen MR) is 90.7 cm³/mol. The standard InChI is InChI=1S/C17H20N4S/c1-13-12-21-16(18-13)22-17(19-21)20-9-7-15(8-10-20)11-14-5-3-2-4-6-14/h2-6,12,15H,7-11H2,1H3. The van der Waals surface area contributed by atoms with E-state index in [1.807, 2.05) is 17.6 Å². The van der Waals surface area contributed by atoms with Gasteiger partial charge in [0.1, 0.15) is 0 Å². The lowest BCUT2D eigenvalue weighted by molar-refractivity contribution is 0.403. The summed E-state index contributed by atoms with van der Waals surface area (Å²) in [6.45, 7) is 4.22. The van der Waals surface area contributed by atoms with Crippen molar-refractivity contribution in [3.05, 3.63) is 47.8 Å². The number of aryl methyl sites for hydroxylation is 1. The number of hydrogen-bond donors (Lipinski definition) is 0. The van der Waals surface area contributed by atoms with Crippen LogP contribution in [0.2, 0.25) is 0 Å². The first kappa shape index (κ1) is 13.8. The van der Waals surface area contributed by atoms with Crippen molar-refractivity contribution >= 4 is 21.4 Å². The molecule has 0 unspecified atom stereocenters. The van der Waals surface area contributed by atoms with Gasteiger partial charge in [-0.25, -0.2) is 9.50 Å². The van der Waals surface area contributed by atoms with Crippen molar-refractivity contribution in [3.8, 4) is 0 Å². The van der Waals surface area contributed by atoms with E-state index in [0.29, 0.717) is 0 Å². The monoisotopic (exact) mass is 312 g/mol. The zero-order valence-corrected chi connectivity index (χ0v) is 13.6. The van der Waals surface area contributed by atoms with Gasteiger partial charge < -0.3 is 4.90 Å². The van der Waals surface area contributed by atoms with Crippen LogP contribution in [0.15, 0.2) is 36.5 Å². The second-order valence-electron chi connectivity index (χ2n) is 6.11. The molecule has 0 bridgehead atoms. The van der Waals surface area contributed by atoms with E-state index in [1.54, 1.807) is 11.3 Å². The highest BCUT2D eigenvalue weighted by molar-refractivity contribution is 7.20. The van der Waals surface area contributed by atoms with Crippen molar-refractivity contribution < 1.29 is 0 Å². The van der Waals surface area contributed by atoms with Crippen LogP contribution in [0.5, 0.6) is 0 Å². The molecule has 114 valence electrons. The molecule has 1 fully saturated rings. The number of nitrogens with zero attached hydrogens (tertiary/aromatic N) is 4. The summed E-state index contributed by atoms with van der Waals surface area (Å²) in [4.78, 5) is 7.90. The van der Waals surface area contributed by atoms with Crippen LogP contribution in [0.25, 0.3) is 4.96 Å². The number of benzene rings is 1.